The fourth-order valence-corrected chi connectivity index (χ4v) is 4.09. The number of hydrogen-bond donors (Lipinski definition) is 2. The van der Waals surface area contributed by atoms with Crippen LogP contribution < -0.4 is 10.6 Å². The minimum atomic E-state index is 0.617. The van der Waals surface area contributed by atoms with Crippen LogP contribution in [0.5, 0.6) is 0 Å². The van der Waals surface area contributed by atoms with Gasteiger partial charge in [-0.15, -0.1) is 0 Å². The number of nitrogens with zero attached hydrogens (tertiary/aromatic N) is 2. The zero-order chi connectivity index (χ0) is 17.3. The first kappa shape index (κ1) is 18.2. The average Bonchev–Trinajstić information content (AvgIpc) is 3.13. The summed E-state index contributed by atoms with van der Waals surface area (Å²) in [5.74, 6) is 1.73. The molecule has 0 spiro atoms. The van der Waals surface area contributed by atoms with E-state index < -0.39 is 0 Å². The Hall–Kier alpha value is -1.55. The number of benzene rings is 1. The molecule has 0 radical (unpaired) electrons. The molecule has 1 saturated heterocycles. The zero-order valence-electron chi connectivity index (χ0n) is 15.7. The van der Waals surface area contributed by atoms with Gasteiger partial charge in [0, 0.05) is 32.7 Å². The van der Waals surface area contributed by atoms with Gasteiger partial charge in [-0.05, 0) is 43.7 Å². The van der Waals surface area contributed by atoms with Crippen LogP contribution in [0.4, 0.5) is 0 Å². The Morgan fingerprint density at radius 2 is 1.92 bits per heavy atom. The van der Waals surface area contributed by atoms with E-state index in [2.05, 4.69) is 50.9 Å². The first-order valence-corrected chi connectivity index (χ1v) is 10.1. The van der Waals surface area contributed by atoms with E-state index in [0.717, 1.165) is 24.8 Å². The monoisotopic (exact) mass is 342 g/mol. The van der Waals surface area contributed by atoms with Gasteiger partial charge in [-0.2, -0.15) is 0 Å². The maximum atomic E-state index is 4.42. The molecule has 0 bridgehead atoms. The normalized spacial score (nSPS) is 22.9. The molecule has 1 aromatic rings. The van der Waals surface area contributed by atoms with Crippen molar-refractivity contribution in [2.75, 3.05) is 33.2 Å². The largest absolute Gasteiger partial charge is 0.356 e. The summed E-state index contributed by atoms with van der Waals surface area (Å²) >= 11 is 0. The predicted octanol–water partition coefficient (Wildman–Crippen LogP) is 3.05. The maximum Gasteiger partial charge on any atom is 0.191 e. The van der Waals surface area contributed by atoms with Crippen LogP contribution >= 0.6 is 0 Å². The molecule has 4 heteroatoms. The first-order valence-electron chi connectivity index (χ1n) is 10.1. The fraction of sp³-hybridized carbons (Fsp3) is 0.667. The molecule has 1 aliphatic carbocycles. The second-order valence-electron chi connectivity index (χ2n) is 7.62. The topological polar surface area (TPSA) is 39.7 Å². The lowest BCUT2D eigenvalue weighted by molar-refractivity contribution is 0.328. The van der Waals surface area contributed by atoms with Gasteiger partial charge in [0.05, 0.1) is 0 Å². The molecule has 0 amide bonds. The van der Waals surface area contributed by atoms with Gasteiger partial charge < -0.3 is 15.5 Å². The summed E-state index contributed by atoms with van der Waals surface area (Å²) in [5, 5.41) is 7.18. The van der Waals surface area contributed by atoms with Crippen LogP contribution in [0.3, 0.4) is 0 Å². The van der Waals surface area contributed by atoms with E-state index in [0.29, 0.717) is 6.04 Å². The Morgan fingerprint density at radius 1 is 1.12 bits per heavy atom. The third-order valence-corrected chi connectivity index (χ3v) is 5.66. The number of nitrogens with one attached hydrogen (secondary N) is 2. The summed E-state index contributed by atoms with van der Waals surface area (Å²) < 4.78 is 0. The lowest BCUT2D eigenvalue weighted by Gasteiger charge is -2.25. The molecule has 3 rings (SSSR count). The highest BCUT2D eigenvalue weighted by molar-refractivity contribution is 5.79. The van der Waals surface area contributed by atoms with E-state index in [9.17, 15) is 0 Å². The van der Waals surface area contributed by atoms with Crippen molar-refractivity contribution in [3.63, 3.8) is 0 Å². The van der Waals surface area contributed by atoms with Crippen LogP contribution in [0.2, 0.25) is 0 Å². The van der Waals surface area contributed by atoms with E-state index in [1.54, 1.807) is 0 Å². The van der Waals surface area contributed by atoms with Gasteiger partial charge in [0.1, 0.15) is 0 Å². The van der Waals surface area contributed by atoms with E-state index in [-0.39, 0.29) is 0 Å². The molecular formula is C21H34N4. The standard InChI is InChI=1S/C21H34N4/c1-22-21(24-20-10-6-3-7-11-20)23-16-19-13-15-25(17-19)14-12-18-8-4-2-5-9-18/h2,4-5,8-9,19-20H,3,6-7,10-17H2,1H3,(H2,22,23,24). The van der Waals surface area contributed by atoms with Crippen molar-refractivity contribution in [1.29, 1.82) is 0 Å². The number of rotatable bonds is 6. The highest BCUT2D eigenvalue weighted by Gasteiger charge is 2.22. The highest BCUT2D eigenvalue weighted by atomic mass is 15.2. The van der Waals surface area contributed by atoms with Crippen molar-refractivity contribution in [3.8, 4) is 0 Å². The molecule has 0 aromatic heterocycles. The summed E-state index contributed by atoms with van der Waals surface area (Å²) in [6.07, 6.45) is 9.13. The van der Waals surface area contributed by atoms with Crippen molar-refractivity contribution in [3.05, 3.63) is 35.9 Å². The summed E-state index contributed by atoms with van der Waals surface area (Å²) in [5.41, 5.74) is 1.45. The first-order chi connectivity index (χ1) is 12.3. The molecule has 4 nitrogen and oxygen atoms in total. The molecular weight excluding hydrogens is 308 g/mol. The van der Waals surface area contributed by atoms with Crippen molar-refractivity contribution in [2.45, 2.75) is 51.0 Å². The molecule has 2 aliphatic rings. The smallest absolute Gasteiger partial charge is 0.191 e. The van der Waals surface area contributed by atoms with Crippen molar-refractivity contribution in [2.24, 2.45) is 10.9 Å². The Kier molecular flexibility index (Phi) is 7.16. The second-order valence-corrected chi connectivity index (χ2v) is 7.62. The third-order valence-electron chi connectivity index (χ3n) is 5.66. The molecule has 138 valence electrons. The van der Waals surface area contributed by atoms with Crippen LogP contribution in [0, 0.1) is 5.92 Å². The Balaban J connectivity index is 1.34. The summed E-state index contributed by atoms with van der Waals surface area (Å²) in [6.45, 7) is 4.65. The quantitative estimate of drug-likeness (QED) is 0.616. The van der Waals surface area contributed by atoms with E-state index in [4.69, 9.17) is 0 Å². The number of aliphatic imine (C=N–C) groups is 1. The fourth-order valence-electron chi connectivity index (χ4n) is 4.09. The van der Waals surface area contributed by atoms with Gasteiger partial charge >= 0.3 is 0 Å². The van der Waals surface area contributed by atoms with Crippen molar-refractivity contribution < 1.29 is 0 Å². The van der Waals surface area contributed by atoms with Crippen molar-refractivity contribution >= 4 is 5.96 Å². The maximum absolute atomic E-state index is 4.42. The highest BCUT2D eigenvalue weighted by Crippen LogP contribution is 2.18. The van der Waals surface area contributed by atoms with Gasteiger partial charge in [-0.1, -0.05) is 49.6 Å². The predicted molar refractivity (Wildman–Crippen MR) is 106 cm³/mol. The minimum Gasteiger partial charge on any atom is -0.356 e. The van der Waals surface area contributed by atoms with Gasteiger partial charge in [-0.3, -0.25) is 4.99 Å². The molecule has 1 aromatic carbocycles. The molecule has 2 N–H and O–H groups in total. The van der Waals surface area contributed by atoms with Gasteiger partial charge in [0.15, 0.2) is 5.96 Å². The number of likely N-dealkylation sites (tertiary alicyclic amines) is 1. The van der Waals surface area contributed by atoms with Gasteiger partial charge in [0.25, 0.3) is 0 Å². The Labute approximate surface area is 153 Å². The average molecular weight is 343 g/mol. The molecule has 25 heavy (non-hydrogen) atoms. The van der Waals surface area contributed by atoms with Crippen LogP contribution in [0.15, 0.2) is 35.3 Å². The van der Waals surface area contributed by atoms with Crippen LogP contribution in [-0.2, 0) is 6.42 Å². The molecule has 1 saturated carbocycles. The van der Waals surface area contributed by atoms with E-state index in [1.165, 1.54) is 63.7 Å². The third kappa shape index (κ3) is 6.03. The molecule has 1 heterocycles. The summed E-state index contributed by atoms with van der Waals surface area (Å²) in [7, 11) is 1.89. The summed E-state index contributed by atoms with van der Waals surface area (Å²) in [6, 6.07) is 11.4. The Bertz CT molecular complexity index is 522. The SMILES string of the molecule is CN=C(NCC1CCN(CCc2ccccc2)C1)NC1CCCCC1. The lowest BCUT2D eigenvalue weighted by atomic mass is 9.96. The van der Waals surface area contributed by atoms with E-state index >= 15 is 0 Å². The minimum absolute atomic E-state index is 0.617. The van der Waals surface area contributed by atoms with Crippen LogP contribution in [0.25, 0.3) is 0 Å². The number of hydrogen-bond acceptors (Lipinski definition) is 2. The van der Waals surface area contributed by atoms with Crippen molar-refractivity contribution in [1.82, 2.24) is 15.5 Å². The molecule has 2 fully saturated rings. The molecule has 1 unspecified atom stereocenters. The zero-order valence-corrected chi connectivity index (χ0v) is 15.7. The van der Waals surface area contributed by atoms with Crippen LogP contribution in [-0.4, -0.2) is 50.1 Å². The second kappa shape index (κ2) is 9.81. The Morgan fingerprint density at radius 3 is 2.68 bits per heavy atom. The van der Waals surface area contributed by atoms with E-state index in [1.807, 2.05) is 7.05 Å². The molecule has 1 atom stereocenters. The number of guanidine groups is 1. The van der Waals surface area contributed by atoms with Gasteiger partial charge in [0.2, 0.25) is 0 Å². The summed E-state index contributed by atoms with van der Waals surface area (Å²) in [4.78, 5) is 7.03. The van der Waals surface area contributed by atoms with Gasteiger partial charge in [-0.25, -0.2) is 0 Å². The van der Waals surface area contributed by atoms with Crippen LogP contribution in [0.1, 0.15) is 44.1 Å². The molecule has 1 aliphatic heterocycles. The lowest BCUT2D eigenvalue weighted by Crippen LogP contribution is -2.45.